The molecule has 1 aliphatic heterocycles. The van der Waals surface area contributed by atoms with Crippen molar-refractivity contribution in [1.29, 1.82) is 5.26 Å². The van der Waals surface area contributed by atoms with Gasteiger partial charge >= 0.3 is 0 Å². The fraction of sp³-hybridized carbons (Fsp3) is 0.476. The summed E-state index contributed by atoms with van der Waals surface area (Å²) in [4.78, 5) is 11.8. The van der Waals surface area contributed by atoms with Gasteiger partial charge in [0.15, 0.2) is 0 Å². The van der Waals surface area contributed by atoms with Crippen LogP contribution in [0, 0.1) is 11.3 Å². The Kier molecular flexibility index (Phi) is 10.7. The molecule has 29 heavy (non-hydrogen) atoms. The summed E-state index contributed by atoms with van der Waals surface area (Å²) in [7, 11) is 2.02. The summed E-state index contributed by atoms with van der Waals surface area (Å²) < 4.78 is 0. The molecular weight excluding hydrogens is 407 g/mol. The lowest BCUT2D eigenvalue weighted by Gasteiger charge is -2.33. The predicted octanol–water partition coefficient (Wildman–Crippen LogP) is 4.47. The number of hydrogen-bond donors (Lipinski definition) is 2. The number of nitriles is 1. The number of nitrogens with one attached hydrogen (secondary N) is 2. The van der Waals surface area contributed by atoms with Crippen molar-refractivity contribution >= 4 is 42.3 Å². The second-order valence-electron chi connectivity index (χ2n) is 7.04. The highest BCUT2D eigenvalue weighted by molar-refractivity contribution is 5.85. The Hall–Kier alpha value is -2.07. The fourth-order valence-electron chi connectivity index (χ4n) is 3.40. The zero-order valence-corrected chi connectivity index (χ0v) is 18.7. The normalized spacial score (nSPS) is 15.6. The van der Waals surface area contributed by atoms with Crippen LogP contribution in [0.2, 0.25) is 0 Å². The van der Waals surface area contributed by atoms with E-state index in [1.165, 1.54) is 6.42 Å². The number of piperidine rings is 1. The summed E-state index contributed by atoms with van der Waals surface area (Å²) in [6, 6.07) is 12.2. The number of anilines is 3. The van der Waals surface area contributed by atoms with Crippen LogP contribution in [0.3, 0.4) is 0 Å². The van der Waals surface area contributed by atoms with Gasteiger partial charge in [-0.25, -0.2) is 4.98 Å². The highest BCUT2D eigenvalue weighted by Crippen LogP contribution is 2.23. The molecule has 3 rings (SSSR count). The van der Waals surface area contributed by atoms with Crippen molar-refractivity contribution in [3.05, 3.63) is 41.6 Å². The van der Waals surface area contributed by atoms with E-state index < -0.39 is 0 Å². The van der Waals surface area contributed by atoms with Gasteiger partial charge in [0, 0.05) is 36.6 Å². The molecule has 0 radical (unpaired) electrons. The van der Waals surface area contributed by atoms with E-state index in [1.54, 1.807) is 6.07 Å². The van der Waals surface area contributed by atoms with Gasteiger partial charge in [-0.3, -0.25) is 0 Å². The van der Waals surface area contributed by atoms with Crippen molar-refractivity contribution in [3.63, 3.8) is 0 Å². The van der Waals surface area contributed by atoms with E-state index in [1.807, 2.05) is 25.2 Å². The molecule has 0 unspecified atom stereocenters. The number of halogens is 2. The van der Waals surface area contributed by atoms with Crippen molar-refractivity contribution in [2.45, 2.75) is 45.1 Å². The highest BCUT2D eigenvalue weighted by Gasteiger charge is 2.20. The third-order valence-electron chi connectivity index (χ3n) is 4.95. The molecule has 158 valence electrons. The second-order valence-corrected chi connectivity index (χ2v) is 7.04. The second kappa shape index (κ2) is 12.5. The zero-order chi connectivity index (χ0) is 19.1. The van der Waals surface area contributed by atoms with Crippen molar-refractivity contribution in [2.75, 3.05) is 30.4 Å². The minimum Gasteiger partial charge on any atom is -0.355 e. The molecule has 8 heteroatoms. The molecule has 1 atom stereocenters. The van der Waals surface area contributed by atoms with Crippen LogP contribution in [0.5, 0.6) is 0 Å². The maximum absolute atomic E-state index is 9.11. The smallest absolute Gasteiger partial charge is 0.229 e. The fourth-order valence-corrected chi connectivity index (χ4v) is 3.40. The Labute approximate surface area is 185 Å². The van der Waals surface area contributed by atoms with Gasteiger partial charge in [-0.2, -0.15) is 10.2 Å². The molecule has 1 saturated heterocycles. The van der Waals surface area contributed by atoms with Gasteiger partial charge in [0.2, 0.25) is 5.95 Å². The van der Waals surface area contributed by atoms with Crippen molar-refractivity contribution < 1.29 is 0 Å². The number of aromatic nitrogens is 2. The molecular formula is C21H30Cl2N6. The number of hydrogen-bond acceptors (Lipinski definition) is 6. The van der Waals surface area contributed by atoms with Crippen LogP contribution >= 0.6 is 24.8 Å². The van der Waals surface area contributed by atoms with E-state index in [4.69, 9.17) is 15.2 Å². The summed E-state index contributed by atoms with van der Waals surface area (Å²) in [5.74, 6) is 1.58. The largest absolute Gasteiger partial charge is 0.355 e. The van der Waals surface area contributed by atoms with Gasteiger partial charge in [-0.15, -0.1) is 24.8 Å². The van der Waals surface area contributed by atoms with Crippen LogP contribution in [0.15, 0.2) is 30.3 Å². The molecule has 1 aliphatic rings. The quantitative estimate of drug-likeness (QED) is 0.666. The number of unbranched alkanes of at least 4 members (excludes halogenated alkanes) is 1. The van der Waals surface area contributed by atoms with Gasteiger partial charge in [0.05, 0.1) is 11.6 Å². The number of rotatable bonds is 7. The number of benzene rings is 1. The lowest BCUT2D eigenvalue weighted by Crippen LogP contribution is -2.44. The minimum atomic E-state index is 0. The molecule has 0 spiro atoms. The molecule has 0 saturated carbocycles. The van der Waals surface area contributed by atoms with Gasteiger partial charge in [-0.05, 0) is 50.9 Å². The van der Waals surface area contributed by atoms with Gasteiger partial charge in [0.25, 0.3) is 0 Å². The number of likely N-dealkylation sites (N-methyl/N-ethyl adjacent to an activating group) is 1. The Morgan fingerprint density at radius 1 is 1.24 bits per heavy atom. The maximum Gasteiger partial charge on any atom is 0.229 e. The first-order valence-corrected chi connectivity index (χ1v) is 9.79. The van der Waals surface area contributed by atoms with Crippen LogP contribution in [-0.2, 0) is 6.42 Å². The zero-order valence-electron chi connectivity index (χ0n) is 17.0. The molecule has 2 N–H and O–H groups in total. The van der Waals surface area contributed by atoms with Crippen LogP contribution < -0.4 is 15.5 Å². The monoisotopic (exact) mass is 436 g/mol. The van der Waals surface area contributed by atoms with E-state index >= 15 is 0 Å². The Balaban J connectivity index is 0.00000210. The lowest BCUT2D eigenvalue weighted by molar-refractivity contribution is 0.447. The first-order chi connectivity index (χ1) is 13.2. The van der Waals surface area contributed by atoms with Crippen molar-refractivity contribution in [2.24, 2.45) is 0 Å². The molecule has 0 aliphatic carbocycles. The molecule has 2 aromatic rings. The molecule has 6 nitrogen and oxygen atoms in total. The Morgan fingerprint density at radius 3 is 2.79 bits per heavy atom. The lowest BCUT2D eigenvalue weighted by atomic mass is 10.1. The number of aryl methyl sites for hydroxylation is 1. The average Bonchev–Trinajstić information content (AvgIpc) is 2.72. The molecule has 2 heterocycles. The predicted molar refractivity (Wildman–Crippen MR) is 124 cm³/mol. The number of nitrogens with zero attached hydrogens (tertiary/aromatic N) is 4. The van der Waals surface area contributed by atoms with E-state index in [0.717, 1.165) is 56.0 Å². The van der Waals surface area contributed by atoms with Crippen LogP contribution in [0.1, 0.15) is 43.9 Å². The third-order valence-corrected chi connectivity index (χ3v) is 4.95. The Morgan fingerprint density at radius 2 is 2.07 bits per heavy atom. The van der Waals surface area contributed by atoms with E-state index in [0.29, 0.717) is 17.6 Å². The molecule has 1 aromatic heterocycles. The SMILES string of the molecule is CCCCc1cc(N2CCC[C@@H](NC)C2)nc(Nc2cccc(C#N)c2)n1.Cl.Cl. The summed E-state index contributed by atoms with van der Waals surface area (Å²) in [6.45, 7) is 4.17. The summed E-state index contributed by atoms with van der Waals surface area (Å²) in [5, 5.41) is 15.8. The van der Waals surface area contributed by atoms with Crippen LogP contribution in [0.25, 0.3) is 0 Å². The van der Waals surface area contributed by atoms with Gasteiger partial charge < -0.3 is 15.5 Å². The summed E-state index contributed by atoms with van der Waals surface area (Å²) in [5.41, 5.74) is 2.52. The highest BCUT2D eigenvalue weighted by atomic mass is 35.5. The summed E-state index contributed by atoms with van der Waals surface area (Å²) in [6.07, 6.45) is 5.55. The first kappa shape index (κ1) is 25.0. The minimum absolute atomic E-state index is 0. The van der Waals surface area contributed by atoms with E-state index in [-0.39, 0.29) is 24.8 Å². The molecule has 1 fully saturated rings. The topological polar surface area (TPSA) is 76.9 Å². The van der Waals surface area contributed by atoms with Gasteiger partial charge in [0.1, 0.15) is 5.82 Å². The van der Waals surface area contributed by atoms with Crippen LogP contribution in [0.4, 0.5) is 17.5 Å². The van der Waals surface area contributed by atoms with Crippen molar-refractivity contribution in [1.82, 2.24) is 15.3 Å². The van der Waals surface area contributed by atoms with E-state index in [2.05, 4.69) is 34.6 Å². The average molecular weight is 437 g/mol. The maximum atomic E-state index is 9.11. The van der Waals surface area contributed by atoms with Crippen LogP contribution in [-0.4, -0.2) is 36.1 Å². The third kappa shape index (κ3) is 7.04. The summed E-state index contributed by atoms with van der Waals surface area (Å²) >= 11 is 0. The Bertz CT molecular complexity index is 808. The molecule has 0 amide bonds. The first-order valence-electron chi connectivity index (χ1n) is 9.79. The van der Waals surface area contributed by atoms with E-state index in [9.17, 15) is 0 Å². The van der Waals surface area contributed by atoms with Crippen molar-refractivity contribution in [3.8, 4) is 6.07 Å². The van der Waals surface area contributed by atoms with Gasteiger partial charge in [-0.1, -0.05) is 19.4 Å². The molecule has 1 aromatic carbocycles. The molecule has 0 bridgehead atoms. The standard InChI is InChI=1S/C21H28N6.2ClH/c1-3-4-8-18-13-20(27-11-6-10-19(15-27)23-2)26-21(25-18)24-17-9-5-7-16(12-17)14-22;;/h5,7,9,12-13,19,23H,3-4,6,8,10-11,15H2,1-2H3,(H,24,25,26);2*1H/t19-;;/m1../s1.